The smallest absolute Gasteiger partial charge is 0.258 e. The van der Waals surface area contributed by atoms with Crippen LogP contribution in [0.5, 0.6) is 0 Å². The molecule has 0 saturated carbocycles. The molecule has 1 heterocycles. The SMILES string of the molecule is O=[N+]([O-])c1ccccc1-c1ccnn1-c1ccccc1Br. The standard InChI is InChI=1S/C15H10BrN3O2/c16-12-6-2-4-8-15(12)18-13(9-10-17-18)11-5-1-3-7-14(11)19(20)21/h1-10H. The van der Waals surface area contributed by atoms with Gasteiger partial charge in [-0.1, -0.05) is 24.3 Å². The number of halogens is 1. The van der Waals surface area contributed by atoms with Gasteiger partial charge in [0.1, 0.15) is 0 Å². The molecule has 0 fully saturated rings. The highest BCUT2D eigenvalue weighted by atomic mass is 79.9. The predicted octanol–water partition coefficient (Wildman–Crippen LogP) is 4.21. The van der Waals surface area contributed by atoms with Gasteiger partial charge in [0, 0.05) is 10.5 Å². The summed E-state index contributed by atoms with van der Waals surface area (Å²) in [5.41, 5.74) is 2.10. The summed E-state index contributed by atoms with van der Waals surface area (Å²) < 4.78 is 2.56. The molecule has 0 aliphatic carbocycles. The molecule has 0 bridgehead atoms. The van der Waals surface area contributed by atoms with E-state index in [0.717, 1.165) is 10.2 Å². The van der Waals surface area contributed by atoms with Gasteiger partial charge in [0.05, 0.1) is 28.1 Å². The van der Waals surface area contributed by atoms with E-state index in [1.165, 1.54) is 6.07 Å². The van der Waals surface area contributed by atoms with Crippen LogP contribution in [0.25, 0.3) is 16.9 Å². The molecule has 0 radical (unpaired) electrons. The maximum absolute atomic E-state index is 11.2. The van der Waals surface area contributed by atoms with Gasteiger partial charge < -0.3 is 0 Å². The molecule has 6 heteroatoms. The second-order valence-corrected chi connectivity index (χ2v) is 5.21. The van der Waals surface area contributed by atoms with E-state index in [1.54, 1.807) is 35.1 Å². The Hall–Kier alpha value is -2.47. The van der Waals surface area contributed by atoms with Gasteiger partial charge in [-0.15, -0.1) is 0 Å². The summed E-state index contributed by atoms with van der Waals surface area (Å²) in [5.74, 6) is 0. The fourth-order valence-corrected chi connectivity index (χ4v) is 2.62. The number of hydrogen-bond acceptors (Lipinski definition) is 3. The summed E-state index contributed by atoms with van der Waals surface area (Å²) >= 11 is 3.48. The van der Waals surface area contributed by atoms with Crippen LogP contribution >= 0.6 is 15.9 Å². The molecule has 0 saturated heterocycles. The monoisotopic (exact) mass is 343 g/mol. The molecule has 0 unspecified atom stereocenters. The molecular weight excluding hydrogens is 334 g/mol. The second kappa shape index (κ2) is 5.49. The lowest BCUT2D eigenvalue weighted by molar-refractivity contribution is -0.384. The first-order valence-corrected chi connectivity index (χ1v) is 7.00. The van der Waals surface area contributed by atoms with Gasteiger partial charge in [0.15, 0.2) is 0 Å². The Bertz CT molecular complexity index is 814. The van der Waals surface area contributed by atoms with Crippen molar-refractivity contribution in [3.8, 4) is 16.9 Å². The fourth-order valence-electron chi connectivity index (χ4n) is 2.17. The van der Waals surface area contributed by atoms with Crippen molar-refractivity contribution in [2.45, 2.75) is 0 Å². The highest BCUT2D eigenvalue weighted by Gasteiger charge is 2.18. The normalized spacial score (nSPS) is 10.5. The summed E-state index contributed by atoms with van der Waals surface area (Å²) in [5, 5.41) is 15.5. The zero-order valence-electron chi connectivity index (χ0n) is 10.8. The van der Waals surface area contributed by atoms with Gasteiger partial charge in [-0.25, -0.2) is 4.68 Å². The lowest BCUT2D eigenvalue weighted by atomic mass is 10.1. The van der Waals surface area contributed by atoms with Crippen LogP contribution in [-0.4, -0.2) is 14.7 Å². The van der Waals surface area contributed by atoms with Gasteiger partial charge >= 0.3 is 0 Å². The van der Waals surface area contributed by atoms with Crippen molar-refractivity contribution < 1.29 is 4.92 Å². The Labute approximate surface area is 129 Å². The van der Waals surface area contributed by atoms with E-state index in [2.05, 4.69) is 21.0 Å². The molecular formula is C15H10BrN3O2. The Balaban J connectivity index is 2.22. The van der Waals surface area contributed by atoms with E-state index < -0.39 is 0 Å². The summed E-state index contributed by atoms with van der Waals surface area (Å²) in [6, 6.07) is 16.0. The lowest BCUT2D eigenvalue weighted by Gasteiger charge is -2.09. The Morgan fingerprint density at radius 1 is 1.05 bits per heavy atom. The minimum absolute atomic E-state index is 0.0614. The number of rotatable bonds is 3. The molecule has 104 valence electrons. The van der Waals surface area contributed by atoms with Crippen molar-refractivity contribution >= 4 is 21.6 Å². The summed E-state index contributed by atoms with van der Waals surface area (Å²) in [6.07, 6.45) is 1.63. The molecule has 1 aromatic heterocycles. The van der Waals surface area contributed by atoms with Crippen LogP contribution in [0.2, 0.25) is 0 Å². The van der Waals surface area contributed by atoms with Crippen LogP contribution in [-0.2, 0) is 0 Å². The number of hydrogen-bond donors (Lipinski definition) is 0. The highest BCUT2D eigenvalue weighted by molar-refractivity contribution is 9.10. The zero-order valence-corrected chi connectivity index (χ0v) is 12.4. The third-order valence-corrected chi connectivity index (χ3v) is 3.77. The number of nitro benzene ring substituents is 1. The van der Waals surface area contributed by atoms with E-state index in [-0.39, 0.29) is 10.6 Å². The molecule has 0 atom stereocenters. The molecule has 3 rings (SSSR count). The maximum atomic E-state index is 11.2. The molecule has 21 heavy (non-hydrogen) atoms. The highest BCUT2D eigenvalue weighted by Crippen LogP contribution is 2.32. The van der Waals surface area contributed by atoms with Gasteiger partial charge in [-0.3, -0.25) is 10.1 Å². The first-order chi connectivity index (χ1) is 10.2. The number of benzene rings is 2. The minimum Gasteiger partial charge on any atom is -0.258 e. The molecule has 2 aromatic carbocycles. The number of nitrogens with zero attached hydrogens (tertiary/aromatic N) is 3. The van der Waals surface area contributed by atoms with E-state index >= 15 is 0 Å². The third kappa shape index (κ3) is 2.45. The van der Waals surface area contributed by atoms with E-state index in [1.807, 2.05) is 24.3 Å². The number of para-hydroxylation sites is 2. The van der Waals surface area contributed by atoms with Crippen molar-refractivity contribution in [1.29, 1.82) is 0 Å². The zero-order chi connectivity index (χ0) is 14.8. The average Bonchev–Trinajstić information content (AvgIpc) is 2.96. The van der Waals surface area contributed by atoms with Crippen LogP contribution in [0.15, 0.2) is 65.3 Å². The van der Waals surface area contributed by atoms with Gasteiger partial charge in [0.25, 0.3) is 5.69 Å². The number of nitro groups is 1. The van der Waals surface area contributed by atoms with Crippen LogP contribution in [0.1, 0.15) is 0 Å². The maximum Gasteiger partial charge on any atom is 0.278 e. The minimum atomic E-state index is -0.382. The van der Waals surface area contributed by atoms with Crippen molar-refractivity contribution in [1.82, 2.24) is 9.78 Å². The largest absolute Gasteiger partial charge is 0.278 e. The van der Waals surface area contributed by atoms with Gasteiger partial charge in [-0.05, 0) is 40.2 Å². The molecule has 0 amide bonds. The molecule has 5 nitrogen and oxygen atoms in total. The quantitative estimate of drug-likeness (QED) is 0.528. The average molecular weight is 344 g/mol. The molecule has 0 spiro atoms. The van der Waals surface area contributed by atoms with E-state index in [9.17, 15) is 10.1 Å². The molecule has 0 aliphatic rings. The van der Waals surface area contributed by atoms with Crippen LogP contribution in [0, 0.1) is 10.1 Å². The first kappa shape index (κ1) is 13.5. The van der Waals surface area contributed by atoms with E-state index in [0.29, 0.717) is 11.3 Å². The van der Waals surface area contributed by atoms with Crippen molar-refractivity contribution in [2.75, 3.05) is 0 Å². The Morgan fingerprint density at radius 3 is 2.52 bits per heavy atom. The van der Waals surface area contributed by atoms with Crippen LogP contribution < -0.4 is 0 Å². The van der Waals surface area contributed by atoms with Gasteiger partial charge in [-0.2, -0.15) is 5.10 Å². The first-order valence-electron chi connectivity index (χ1n) is 6.21. The second-order valence-electron chi connectivity index (χ2n) is 4.35. The Kier molecular flexibility index (Phi) is 3.53. The Morgan fingerprint density at radius 2 is 1.76 bits per heavy atom. The fraction of sp³-hybridized carbons (Fsp3) is 0. The third-order valence-electron chi connectivity index (χ3n) is 3.10. The van der Waals surface area contributed by atoms with Crippen LogP contribution in [0.3, 0.4) is 0 Å². The molecule has 0 aliphatic heterocycles. The topological polar surface area (TPSA) is 61.0 Å². The van der Waals surface area contributed by atoms with Crippen LogP contribution in [0.4, 0.5) is 5.69 Å². The number of aromatic nitrogens is 2. The van der Waals surface area contributed by atoms with Crippen molar-refractivity contribution in [2.24, 2.45) is 0 Å². The summed E-state index contributed by atoms with van der Waals surface area (Å²) in [4.78, 5) is 10.8. The van der Waals surface area contributed by atoms with Gasteiger partial charge in [0.2, 0.25) is 0 Å². The summed E-state index contributed by atoms with van der Waals surface area (Å²) in [6.45, 7) is 0. The van der Waals surface area contributed by atoms with Crippen molar-refractivity contribution in [3.63, 3.8) is 0 Å². The predicted molar refractivity (Wildman–Crippen MR) is 83.4 cm³/mol. The lowest BCUT2D eigenvalue weighted by Crippen LogP contribution is -2.01. The van der Waals surface area contributed by atoms with E-state index in [4.69, 9.17) is 0 Å². The summed E-state index contributed by atoms with van der Waals surface area (Å²) in [7, 11) is 0. The molecule has 0 N–H and O–H groups in total. The van der Waals surface area contributed by atoms with Crippen molar-refractivity contribution in [3.05, 3.63) is 75.4 Å². The molecule has 3 aromatic rings.